The molecule has 1 aliphatic rings. The van der Waals surface area contributed by atoms with Crippen molar-refractivity contribution < 1.29 is 13.9 Å². The Hall–Kier alpha value is -1.14. The van der Waals surface area contributed by atoms with Gasteiger partial charge in [0, 0.05) is 30.1 Å². The molecule has 0 aliphatic carbocycles. The summed E-state index contributed by atoms with van der Waals surface area (Å²) in [6, 6.07) is 4.82. The molecule has 0 bridgehead atoms. The van der Waals surface area contributed by atoms with E-state index in [1.165, 1.54) is 19.2 Å². The van der Waals surface area contributed by atoms with E-state index in [0.717, 1.165) is 36.1 Å². The van der Waals surface area contributed by atoms with Gasteiger partial charge in [0.05, 0.1) is 7.11 Å². The lowest BCUT2D eigenvalue weighted by molar-refractivity contribution is 0.166. The lowest BCUT2D eigenvalue weighted by Gasteiger charge is -2.17. The smallest absolute Gasteiger partial charge is 0.407 e. The van der Waals surface area contributed by atoms with Crippen LogP contribution in [0.2, 0.25) is 0 Å². The highest BCUT2D eigenvalue weighted by atomic mass is 79.9. The molecule has 104 valence electrons. The Kier molecular flexibility index (Phi) is 4.76. The lowest BCUT2D eigenvalue weighted by atomic mass is 10.2. The monoisotopic (exact) mass is 330 g/mol. The molecule has 1 aromatic carbocycles. The van der Waals surface area contributed by atoms with Gasteiger partial charge < -0.3 is 10.1 Å². The fraction of sp³-hybridized carbons (Fsp3) is 0.462. The van der Waals surface area contributed by atoms with E-state index in [2.05, 4.69) is 30.9 Å². The van der Waals surface area contributed by atoms with Crippen molar-refractivity contribution in [3.8, 4) is 0 Å². The van der Waals surface area contributed by atoms with E-state index in [1.807, 2.05) is 0 Å². The number of rotatable bonds is 3. The number of methoxy groups -OCH3 is 1. The number of alkyl carbamates (subject to hydrolysis) is 1. The second-order valence-electron chi connectivity index (χ2n) is 4.59. The van der Waals surface area contributed by atoms with Crippen molar-refractivity contribution >= 4 is 22.0 Å². The van der Waals surface area contributed by atoms with Gasteiger partial charge in [0.2, 0.25) is 0 Å². The molecule has 0 spiro atoms. The minimum absolute atomic E-state index is 0.117. The van der Waals surface area contributed by atoms with E-state index in [0.29, 0.717) is 0 Å². The second-order valence-corrected chi connectivity index (χ2v) is 5.45. The number of nitrogens with zero attached hydrogens (tertiary/aromatic N) is 1. The largest absolute Gasteiger partial charge is 0.453 e. The maximum atomic E-state index is 13.0. The molecule has 0 saturated carbocycles. The molecule has 1 unspecified atom stereocenters. The van der Waals surface area contributed by atoms with Crippen LogP contribution in [0.15, 0.2) is 22.7 Å². The number of hydrogen-bond donors (Lipinski definition) is 1. The third-order valence-corrected chi connectivity index (χ3v) is 3.93. The molecule has 2 rings (SSSR count). The number of carbonyl (C=O) groups excluding carboxylic acids is 1. The number of benzene rings is 1. The summed E-state index contributed by atoms with van der Waals surface area (Å²) in [6.07, 6.45) is 0.503. The molecular formula is C13H16BrFN2O2. The van der Waals surface area contributed by atoms with E-state index in [-0.39, 0.29) is 11.9 Å². The van der Waals surface area contributed by atoms with Gasteiger partial charge in [0.1, 0.15) is 5.82 Å². The summed E-state index contributed by atoms with van der Waals surface area (Å²) < 4.78 is 18.4. The van der Waals surface area contributed by atoms with Crippen molar-refractivity contribution in [2.75, 3.05) is 20.2 Å². The fourth-order valence-electron chi connectivity index (χ4n) is 2.21. The van der Waals surface area contributed by atoms with Gasteiger partial charge in [-0.2, -0.15) is 0 Å². The summed E-state index contributed by atoms with van der Waals surface area (Å²) in [5.74, 6) is -0.248. The first-order chi connectivity index (χ1) is 9.08. The van der Waals surface area contributed by atoms with Crippen molar-refractivity contribution in [2.24, 2.45) is 0 Å². The minimum atomic E-state index is -0.394. The summed E-state index contributed by atoms with van der Waals surface area (Å²) in [4.78, 5) is 13.3. The maximum absolute atomic E-state index is 13.0. The number of hydrogen-bond acceptors (Lipinski definition) is 3. The lowest BCUT2D eigenvalue weighted by Crippen LogP contribution is -2.36. The fourth-order valence-corrected chi connectivity index (χ4v) is 2.69. The number of nitrogens with one attached hydrogen (secondary N) is 1. The number of halogens is 2. The first kappa shape index (κ1) is 14.3. The van der Waals surface area contributed by atoms with E-state index in [1.54, 1.807) is 6.07 Å². The van der Waals surface area contributed by atoms with E-state index in [9.17, 15) is 9.18 Å². The summed E-state index contributed by atoms with van der Waals surface area (Å²) in [5.41, 5.74) is 1.04. The van der Waals surface area contributed by atoms with E-state index < -0.39 is 6.09 Å². The van der Waals surface area contributed by atoms with Crippen LogP contribution in [-0.4, -0.2) is 37.2 Å². The molecule has 1 amide bonds. The molecule has 1 aliphatic heterocycles. The molecule has 1 saturated heterocycles. The van der Waals surface area contributed by atoms with Crippen LogP contribution in [0.3, 0.4) is 0 Å². The van der Waals surface area contributed by atoms with Crippen LogP contribution < -0.4 is 5.32 Å². The number of likely N-dealkylation sites (tertiary alicyclic amines) is 1. The van der Waals surface area contributed by atoms with Crippen molar-refractivity contribution in [2.45, 2.75) is 19.0 Å². The summed E-state index contributed by atoms with van der Waals surface area (Å²) in [6.45, 7) is 2.41. The van der Waals surface area contributed by atoms with Crippen LogP contribution >= 0.6 is 15.9 Å². The molecule has 1 fully saturated rings. The molecular weight excluding hydrogens is 315 g/mol. The first-order valence-electron chi connectivity index (χ1n) is 6.09. The molecule has 1 atom stereocenters. The summed E-state index contributed by atoms with van der Waals surface area (Å²) in [7, 11) is 1.36. The number of carbonyl (C=O) groups is 1. The van der Waals surface area contributed by atoms with Crippen molar-refractivity contribution in [1.82, 2.24) is 10.2 Å². The van der Waals surface area contributed by atoms with Gasteiger partial charge in [0.15, 0.2) is 0 Å². The molecule has 1 aromatic rings. The predicted octanol–water partition coefficient (Wildman–Crippen LogP) is 2.52. The Morgan fingerprint density at radius 3 is 3.11 bits per heavy atom. The van der Waals surface area contributed by atoms with Gasteiger partial charge in [-0.1, -0.05) is 22.0 Å². The molecule has 1 N–H and O–H groups in total. The van der Waals surface area contributed by atoms with Crippen LogP contribution in [0, 0.1) is 5.82 Å². The molecule has 4 nitrogen and oxygen atoms in total. The highest BCUT2D eigenvalue weighted by molar-refractivity contribution is 9.10. The third kappa shape index (κ3) is 3.91. The molecule has 0 radical (unpaired) electrons. The average molecular weight is 331 g/mol. The van der Waals surface area contributed by atoms with Crippen molar-refractivity contribution in [1.29, 1.82) is 0 Å². The van der Waals surface area contributed by atoms with Crippen LogP contribution in [0.5, 0.6) is 0 Å². The second kappa shape index (κ2) is 6.34. The van der Waals surface area contributed by atoms with Crippen molar-refractivity contribution in [3.63, 3.8) is 0 Å². The summed E-state index contributed by atoms with van der Waals surface area (Å²) >= 11 is 3.36. The highest BCUT2D eigenvalue weighted by Gasteiger charge is 2.24. The highest BCUT2D eigenvalue weighted by Crippen LogP contribution is 2.21. The Balaban J connectivity index is 1.89. The van der Waals surface area contributed by atoms with Crippen LogP contribution in [0.4, 0.5) is 9.18 Å². The van der Waals surface area contributed by atoms with Crippen molar-refractivity contribution in [3.05, 3.63) is 34.1 Å². The Morgan fingerprint density at radius 2 is 2.42 bits per heavy atom. The van der Waals surface area contributed by atoms with Gasteiger partial charge >= 0.3 is 6.09 Å². The topological polar surface area (TPSA) is 41.6 Å². The molecule has 1 heterocycles. The third-order valence-electron chi connectivity index (χ3n) is 3.19. The zero-order valence-electron chi connectivity index (χ0n) is 10.7. The standard InChI is InChI=1S/C13H16BrFN2O2/c1-19-13(18)16-11-4-5-17(8-11)7-9-2-3-10(15)6-12(9)14/h2-3,6,11H,4-5,7-8H2,1H3,(H,16,18). The van der Waals surface area contributed by atoms with Gasteiger partial charge in [-0.3, -0.25) is 4.90 Å². The van der Waals surface area contributed by atoms with Gasteiger partial charge in [-0.05, 0) is 24.1 Å². The van der Waals surface area contributed by atoms with Gasteiger partial charge in [-0.15, -0.1) is 0 Å². The quantitative estimate of drug-likeness (QED) is 0.925. The van der Waals surface area contributed by atoms with Gasteiger partial charge in [0.25, 0.3) is 0 Å². The van der Waals surface area contributed by atoms with Gasteiger partial charge in [-0.25, -0.2) is 9.18 Å². The number of ether oxygens (including phenoxy) is 1. The first-order valence-corrected chi connectivity index (χ1v) is 6.88. The molecule has 0 aromatic heterocycles. The molecule has 19 heavy (non-hydrogen) atoms. The zero-order chi connectivity index (χ0) is 13.8. The van der Waals surface area contributed by atoms with Crippen LogP contribution in [0.1, 0.15) is 12.0 Å². The normalized spacial score (nSPS) is 19.4. The Morgan fingerprint density at radius 1 is 1.63 bits per heavy atom. The Bertz CT molecular complexity index is 470. The average Bonchev–Trinajstić information content (AvgIpc) is 2.80. The zero-order valence-corrected chi connectivity index (χ0v) is 12.2. The number of amides is 1. The van der Waals surface area contributed by atoms with Crippen LogP contribution in [-0.2, 0) is 11.3 Å². The predicted molar refractivity (Wildman–Crippen MR) is 73.3 cm³/mol. The maximum Gasteiger partial charge on any atom is 0.407 e. The SMILES string of the molecule is COC(=O)NC1CCN(Cc2ccc(F)cc2Br)C1. The molecule has 6 heteroatoms. The van der Waals surface area contributed by atoms with E-state index >= 15 is 0 Å². The van der Waals surface area contributed by atoms with Crippen LogP contribution in [0.25, 0.3) is 0 Å². The Labute approximate surface area is 120 Å². The minimum Gasteiger partial charge on any atom is -0.453 e. The summed E-state index contributed by atoms with van der Waals surface area (Å²) in [5, 5.41) is 2.79. The van der Waals surface area contributed by atoms with E-state index in [4.69, 9.17) is 0 Å².